The van der Waals surface area contributed by atoms with Crippen molar-refractivity contribution < 1.29 is 80.5 Å². The van der Waals surface area contributed by atoms with Gasteiger partial charge in [0.15, 0.2) is 11.6 Å². The molecule has 19 nitrogen and oxygen atoms in total. The molecule has 5 aromatic rings. The van der Waals surface area contributed by atoms with Crippen molar-refractivity contribution in [2.24, 2.45) is 0 Å². The van der Waals surface area contributed by atoms with Crippen LogP contribution in [0.2, 0.25) is 0 Å². The minimum absolute atomic E-state index is 0.0143. The second-order valence-corrected chi connectivity index (χ2v) is 19.8. The van der Waals surface area contributed by atoms with Gasteiger partial charge < -0.3 is 63.5 Å². The molecular weight excluding hydrogens is 979 g/mol. The quantitative estimate of drug-likeness (QED) is 0.0439. The van der Waals surface area contributed by atoms with Crippen LogP contribution in [0.5, 0.6) is 28.7 Å². The minimum atomic E-state index is -4.03. The number of aliphatic hydroxyl groups is 2. The maximum atomic E-state index is 12.5. The Kier molecular flexibility index (Phi) is 23.4. The van der Waals surface area contributed by atoms with E-state index >= 15 is 0 Å². The average Bonchev–Trinajstić information content (AvgIpc) is 3.34. The Morgan fingerprint density at radius 2 is 0.986 bits per heavy atom. The Balaban J connectivity index is 0.000000316. The van der Waals surface area contributed by atoms with Gasteiger partial charge in [-0.05, 0) is 120 Å². The number of aliphatic hydroxyl groups excluding tert-OH is 2. The second-order valence-electron chi connectivity index (χ2n) is 18.2. The van der Waals surface area contributed by atoms with Gasteiger partial charge in [-0.1, -0.05) is 66.2 Å². The molecule has 0 aliphatic carbocycles. The summed E-state index contributed by atoms with van der Waals surface area (Å²) in [4.78, 5) is 48.5. The molecule has 5 aromatic carbocycles. The highest BCUT2D eigenvalue weighted by Crippen LogP contribution is 2.38. The molecule has 0 fully saturated rings. The van der Waals surface area contributed by atoms with Gasteiger partial charge >= 0.3 is 29.4 Å². The molecule has 400 valence electrons. The number of amides is 2. The fourth-order valence-electron chi connectivity index (χ4n) is 6.81. The van der Waals surface area contributed by atoms with E-state index in [1.54, 1.807) is 98.2 Å². The number of benzene rings is 5. The van der Waals surface area contributed by atoms with Crippen LogP contribution in [0.4, 0.5) is 9.59 Å². The predicted molar refractivity (Wildman–Crippen MR) is 278 cm³/mol. The van der Waals surface area contributed by atoms with Crippen LogP contribution < -0.4 is 39.2 Å². The molecule has 5 rings (SSSR count). The van der Waals surface area contributed by atoms with E-state index in [2.05, 4.69) is 10.6 Å². The summed E-state index contributed by atoms with van der Waals surface area (Å²) in [5.41, 5.74) is 2.66. The highest BCUT2D eigenvalue weighted by Gasteiger charge is 2.27. The SMILES string of the molecule is COc1cccc(OC)c1-c1cccc(CC(NC(=O)OC(C)(C)C)C(=O)CO)c1.COc1cccc(OC)c1B(O)O.Cc1ccc(S(=O)(=O)Oc2cccc(CC(NC(=O)OC(C)(C)C)C(=O)CO)c2)cc1. The van der Waals surface area contributed by atoms with Crippen LogP contribution >= 0.6 is 0 Å². The summed E-state index contributed by atoms with van der Waals surface area (Å²) in [6.07, 6.45) is -1.30. The van der Waals surface area contributed by atoms with E-state index in [9.17, 15) is 37.8 Å². The van der Waals surface area contributed by atoms with E-state index in [-0.39, 0.29) is 28.9 Å². The lowest BCUT2D eigenvalue weighted by atomic mass is 9.78. The monoisotopic (exact) mass is 1050 g/mol. The first kappa shape index (κ1) is 61.1. The van der Waals surface area contributed by atoms with Crippen LogP contribution in [-0.4, -0.2) is 124 Å². The van der Waals surface area contributed by atoms with Crippen molar-refractivity contribution in [1.29, 1.82) is 0 Å². The van der Waals surface area contributed by atoms with E-state index in [0.29, 0.717) is 28.6 Å². The number of Topliss-reactive ketones (excluding diaryl/α,β-unsaturated/α-hetero) is 2. The maximum Gasteiger partial charge on any atom is 0.496 e. The molecule has 0 saturated carbocycles. The summed E-state index contributed by atoms with van der Waals surface area (Å²) in [5, 5.41) is 41.6. The number of alkyl carbamates (subject to hydrolysis) is 2. The lowest BCUT2D eigenvalue weighted by Crippen LogP contribution is -2.45. The number of methoxy groups -OCH3 is 4. The zero-order valence-electron chi connectivity index (χ0n) is 43.5. The molecule has 0 saturated heterocycles. The first-order valence-electron chi connectivity index (χ1n) is 23.0. The standard InChI is InChI=1S/C23H29NO6.C22H27NO7S.C8H11BO4/c1-23(2,3)30-22(27)24-17(18(26)14-25)13-15-8-6-9-16(12-15)21-19(28-4)10-7-11-20(21)29-5;1-15-8-10-18(11-9-15)31(27,28)30-17-7-5-6-16(12-17)13-19(20(25)14-24)23-21(26)29-22(2,3)4;1-12-6-4-3-5-7(13-2)8(6)9(10)11/h6-12,17,25H,13-14H2,1-5H3,(H,24,27);5-12,19,24H,13-14H2,1-4H3,(H,23,26);3-5,10-11H,1-2H3. The Bertz CT molecular complexity index is 2710. The molecule has 2 atom stereocenters. The predicted octanol–water partition coefficient (Wildman–Crippen LogP) is 5.51. The molecule has 2 amide bonds. The van der Waals surface area contributed by atoms with Gasteiger partial charge in [0.2, 0.25) is 0 Å². The van der Waals surface area contributed by atoms with Crippen LogP contribution in [0, 0.1) is 6.92 Å². The summed E-state index contributed by atoms with van der Waals surface area (Å²) in [6, 6.07) is 28.4. The molecule has 0 heterocycles. The highest BCUT2D eigenvalue weighted by atomic mass is 32.2. The van der Waals surface area contributed by atoms with Crippen molar-refractivity contribution in [3.8, 4) is 39.9 Å². The van der Waals surface area contributed by atoms with Crippen molar-refractivity contribution in [2.45, 2.75) is 89.5 Å². The van der Waals surface area contributed by atoms with Crippen LogP contribution in [0.3, 0.4) is 0 Å². The molecule has 74 heavy (non-hydrogen) atoms. The number of hydrogen-bond acceptors (Lipinski definition) is 17. The molecule has 0 bridgehead atoms. The van der Waals surface area contributed by atoms with Crippen LogP contribution in [0.1, 0.15) is 58.2 Å². The number of nitrogens with one attached hydrogen (secondary N) is 2. The highest BCUT2D eigenvalue weighted by molar-refractivity contribution is 7.87. The topological polar surface area (TPSA) is 272 Å². The Morgan fingerprint density at radius 1 is 0.581 bits per heavy atom. The maximum absolute atomic E-state index is 12.5. The third kappa shape index (κ3) is 19.7. The third-order valence-electron chi connectivity index (χ3n) is 10.1. The number of rotatable bonds is 19. The van der Waals surface area contributed by atoms with Crippen molar-refractivity contribution in [3.63, 3.8) is 0 Å². The first-order valence-corrected chi connectivity index (χ1v) is 24.4. The van der Waals surface area contributed by atoms with E-state index in [0.717, 1.165) is 22.3 Å². The third-order valence-corrected chi connectivity index (χ3v) is 11.4. The fourth-order valence-corrected chi connectivity index (χ4v) is 7.73. The van der Waals surface area contributed by atoms with Crippen LogP contribution in [0.15, 0.2) is 114 Å². The van der Waals surface area contributed by atoms with Gasteiger partial charge in [0.25, 0.3) is 0 Å². The first-order chi connectivity index (χ1) is 34.8. The molecule has 0 aromatic heterocycles. The molecule has 2 unspecified atom stereocenters. The largest absolute Gasteiger partial charge is 0.497 e. The summed E-state index contributed by atoms with van der Waals surface area (Å²) in [7, 11) is 0.466. The molecule has 0 spiro atoms. The van der Waals surface area contributed by atoms with Crippen molar-refractivity contribution in [2.75, 3.05) is 41.7 Å². The number of ether oxygens (including phenoxy) is 6. The summed E-state index contributed by atoms with van der Waals surface area (Å²) in [6.45, 7) is 10.7. The minimum Gasteiger partial charge on any atom is -0.497 e. The van der Waals surface area contributed by atoms with E-state index in [4.69, 9.17) is 42.7 Å². The van der Waals surface area contributed by atoms with Gasteiger partial charge in [-0.2, -0.15) is 8.42 Å². The zero-order valence-corrected chi connectivity index (χ0v) is 44.3. The van der Waals surface area contributed by atoms with Crippen LogP contribution in [0.25, 0.3) is 11.1 Å². The lowest BCUT2D eigenvalue weighted by molar-refractivity contribution is -0.124. The normalized spacial score (nSPS) is 11.9. The molecule has 6 N–H and O–H groups in total. The number of carbonyl (C=O) groups excluding carboxylic acids is 4. The zero-order chi connectivity index (χ0) is 55.4. The molecular formula is C53H67BN2O17S. The van der Waals surface area contributed by atoms with Crippen LogP contribution in [-0.2, 0) is 42.0 Å². The number of hydrogen-bond donors (Lipinski definition) is 6. The number of ketones is 2. The van der Waals surface area contributed by atoms with Crippen molar-refractivity contribution in [3.05, 3.63) is 126 Å². The molecule has 0 aliphatic rings. The smallest absolute Gasteiger partial charge is 0.496 e. The fraction of sp³-hybridized carbons (Fsp3) is 0.358. The van der Waals surface area contributed by atoms with E-state index in [1.807, 2.05) is 49.4 Å². The Morgan fingerprint density at radius 3 is 1.39 bits per heavy atom. The summed E-state index contributed by atoms with van der Waals surface area (Å²) in [5.74, 6) is 1.06. The van der Waals surface area contributed by atoms with Crippen molar-refractivity contribution >= 4 is 46.5 Å². The van der Waals surface area contributed by atoms with Gasteiger partial charge in [0, 0.05) is 6.42 Å². The van der Waals surface area contributed by atoms with E-state index in [1.165, 1.54) is 38.5 Å². The lowest BCUT2D eigenvalue weighted by Gasteiger charge is -2.23. The second kappa shape index (κ2) is 28.3. The van der Waals surface area contributed by atoms with Crippen molar-refractivity contribution in [1.82, 2.24) is 10.6 Å². The number of aryl methyl sites for hydroxylation is 1. The van der Waals surface area contributed by atoms with E-state index < -0.39 is 77.5 Å². The average molecular weight is 1050 g/mol. The molecule has 0 radical (unpaired) electrons. The Hall–Kier alpha value is -7.17. The number of carbonyl (C=O) groups is 4. The van der Waals surface area contributed by atoms with Gasteiger partial charge in [-0.25, -0.2) is 9.59 Å². The van der Waals surface area contributed by atoms with Gasteiger partial charge in [0.1, 0.15) is 58.1 Å². The Labute approximate surface area is 433 Å². The van der Waals surface area contributed by atoms with Gasteiger partial charge in [0.05, 0.1) is 51.5 Å². The summed E-state index contributed by atoms with van der Waals surface area (Å²) < 4.78 is 61.5. The summed E-state index contributed by atoms with van der Waals surface area (Å²) >= 11 is 0. The molecule has 0 aliphatic heterocycles. The molecule has 21 heteroatoms. The van der Waals surface area contributed by atoms with Gasteiger partial charge in [-0.15, -0.1) is 0 Å². The van der Waals surface area contributed by atoms with Gasteiger partial charge in [-0.3, -0.25) is 9.59 Å².